The molecule has 23 heavy (non-hydrogen) atoms. The molecule has 1 aliphatic rings. The molecule has 1 N–H and O–H groups in total. The molecule has 1 aromatic carbocycles. The number of aryl methyl sites for hydroxylation is 2. The molecule has 0 bridgehead atoms. The van der Waals surface area contributed by atoms with Gasteiger partial charge in [-0.05, 0) is 25.0 Å². The highest BCUT2D eigenvalue weighted by Gasteiger charge is 2.20. The van der Waals surface area contributed by atoms with Crippen molar-refractivity contribution in [1.29, 1.82) is 0 Å². The summed E-state index contributed by atoms with van der Waals surface area (Å²) in [6.07, 6.45) is 4.27. The molecular formula is C16H20N4O3. The van der Waals surface area contributed by atoms with Gasteiger partial charge in [0.25, 0.3) is 5.91 Å². The van der Waals surface area contributed by atoms with Gasteiger partial charge in [0, 0.05) is 30.6 Å². The van der Waals surface area contributed by atoms with Crippen molar-refractivity contribution >= 4 is 5.91 Å². The van der Waals surface area contributed by atoms with Gasteiger partial charge in [0.05, 0.1) is 14.2 Å². The molecule has 2 aromatic rings. The number of fused-ring (bicyclic) bond motifs is 1. The van der Waals surface area contributed by atoms with E-state index in [1.807, 2.05) is 4.57 Å². The van der Waals surface area contributed by atoms with Crippen LogP contribution in [0.25, 0.3) is 0 Å². The van der Waals surface area contributed by atoms with Crippen LogP contribution in [0, 0.1) is 0 Å². The average Bonchev–Trinajstić information content (AvgIpc) is 2.95. The first-order chi connectivity index (χ1) is 11.2. The van der Waals surface area contributed by atoms with Gasteiger partial charge in [-0.15, -0.1) is 10.2 Å². The lowest BCUT2D eigenvalue weighted by Crippen LogP contribution is -2.35. The Bertz CT molecular complexity index is 654. The summed E-state index contributed by atoms with van der Waals surface area (Å²) in [4.78, 5) is 12.5. The number of hydrogen-bond acceptors (Lipinski definition) is 5. The van der Waals surface area contributed by atoms with Gasteiger partial charge in [-0.2, -0.15) is 0 Å². The molecule has 0 spiro atoms. The molecule has 1 unspecified atom stereocenters. The third-order valence-electron chi connectivity index (χ3n) is 4.08. The van der Waals surface area contributed by atoms with Crippen molar-refractivity contribution in [2.45, 2.75) is 31.8 Å². The number of hydrogen-bond donors (Lipinski definition) is 1. The first-order valence-electron chi connectivity index (χ1n) is 7.60. The molecule has 3 rings (SSSR count). The second kappa shape index (κ2) is 6.68. The fraction of sp³-hybridized carbons (Fsp3) is 0.438. The van der Waals surface area contributed by atoms with E-state index in [1.54, 1.807) is 38.7 Å². The number of nitrogens with zero attached hydrogens (tertiary/aromatic N) is 3. The molecule has 0 saturated heterocycles. The van der Waals surface area contributed by atoms with E-state index in [2.05, 4.69) is 15.5 Å². The summed E-state index contributed by atoms with van der Waals surface area (Å²) in [6, 6.07) is 5.28. The first-order valence-corrected chi connectivity index (χ1v) is 7.60. The topological polar surface area (TPSA) is 78.3 Å². The Morgan fingerprint density at radius 3 is 2.65 bits per heavy atom. The van der Waals surface area contributed by atoms with Gasteiger partial charge >= 0.3 is 0 Å². The van der Waals surface area contributed by atoms with Gasteiger partial charge in [0.15, 0.2) is 0 Å². The third kappa shape index (κ3) is 3.44. The minimum atomic E-state index is -0.120. The van der Waals surface area contributed by atoms with Gasteiger partial charge < -0.3 is 19.4 Å². The standard InChI is InChI=1S/C16H20N4O3/c1-22-13-7-11(8-14(9-13)23-2)16(21)18-12-3-4-15-19-17-10-20(15)6-5-12/h7-10,12H,3-6H2,1-2H3,(H,18,21). The molecule has 0 radical (unpaired) electrons. The maximum Gasteiger partial charge on any atom is 0.251 e. The van der Waals surface area contributed by atoms with Gasteiger partial charge in [0.1, 0.15) is 23.7 Å². The fourth-order valence-electron chi connectivity index (χ4n) is 2.75. The van der Waals surface area contributed by atoms with Crippen LogP contribution in [0.4, 0.5) is 0 Å². The Morgan fingerprint density at radius 1 is 1.22 bits per heavy atom. The van der Waals surface area contributed by atoms with Gasteiger partial charge in [-0.3, -0.25) is 4.79 Å². The smallest absolute Gasteiger partial charge is 0.251 e. The zero-order valence-corrected chi connectivity index (χ0v) is 13.3. The molecule has 0 fully saturated rings. The quantitative estimate of drug-likeness (QED) is 0.923. The van der Waals surface area contributed by atoms with Crippen LogP contribution in [0.1, 0.15) is 29.0 Å². The Hall–Kier alpha value is -2.57. The number of rotatable bonds is 4. The molecule has 1 atom stereocenters. The Labute approximate surface area is 134 Å². The monoisotopic (exact) mass is 316 g/mol. The van der Waals surface area contributed by atoms with Crippen molar-refractivity contribution in [2.75, 3.05) is 14.2 Å². The van der Waals surface area contributed by atoms with Crippen LogP contribution < -0.4 is 14.8 Å². The molecule has 0 aliphatic carbocycles. The lowest BCUT2D eigenvalue weighted by molar-refractivity contribution is 0.0932. The molecule has 1 aromatic heterocycles. The van der Waals surface area contributed by atoms with E-state index in [1.165, 1.54) is 0 Å². The summed E-state index contributed by atoms with van der Waals surface area (Å²) in [7, 11) is 3.13. The van der Waals surface area contributed by atoms with Crippen LogP contribution in [0.15, 0.2) is 24.5 Å². The van der Waals surface area contributed by atoms with Crippen molar-refractivity contribution in [3.63, 3.8) is 0 Å². The van der Waals surface area contributed by atoms with Crippen molar-refractivity contribution in [1.82, 2.24) is 20.1 Å². The molecule has 7 nitrogen and oxygen atoms in total. The SMILES string of the molecule is COc1cc(OC)cc(C(=O)NC2CCc3nncn3CC2)c1. The second-order valence-electron chi connectivity index (χ2n) is 5.54. The summed E-state index contributed by atoms with van der Waals surface area (Å²) < 4.78 is 12.5. The number of benzene rings is 1. The summed E-state index contributed by atoms with van der Waals surface area (Å²) in [5.41, 5.74) is 0.532. The van der Waals surface area contributed by atoms with Crippen LogP contribution in [-0.4, -0.2) is 40.9 Å². The largest absolute Gasteiger partial charge is 0.497 e. The summed E-state index contributed by atoms with van der Waals surface area (Å²) >= 11 is 0. The van der Waals surface area contributed by atoms with Crippen LogP contribution in [-0.2, 0) is 13.0 Å². The van der Waals surface area contributed by atoms with Crippen LogP contribution >= 0.6 is 0 Å². The van der Waals surface area contributed by atoms with Crippen LogP contribution in [0.3, 0.4) is 0 Å². The van der Waals surface area contributed by atoms with Gasteiger partial charge in [-0.1, -0.05) is 0 Å². The van der Waals surface area contributed by atoms with Gasteiger partial charge in [0.2, 0.25) is 0 Å². The maximum atomic E-state index is 12.5. The Balaban J connectivity index is 1.68. The number of carbonyl (C=O) groups excluding carboxylic acids is 1. The van der Waals surface area contributed by atoms with Crippen molar-refractivity contribution in [3.05, 3.63) is 35.9 Å². The molecule has 7 heteroatoms. The van der Waals surface area contributed by atoms with E-state index >= 15 is 0 Å². The third-order valence-corrected chi connectivity index (χ3v) is 4.08. The summed E-state index contributed by atoms with van der Waals surface area (Å²) in [6.45, 7) is 0.814. The number of nitrogens with one attached hydrogen (secondary N) is 1. The molecule has 1 aliphatic heterocycles. The lowest BCUT2D eigenvalue weighted by atomic mass is 10.1. The molecule has 0 saturated carbocycles. The van der Waals surface area contributed by atoms with E-state index in [-0.39, 0.29) is 11.9 Å². The Kier molecular flexibility index (Phi) is 4.45. The molecule has 122 valence electrons. The van der Waals surface area contributed by atoms with Crippen molar-refractivity contribution < 1.29 is 14.3 Å². The predicted octanol–water partition coefficient (Wildman–Crippen LogP) is 1.43. The molecular weight excluding hydrogens is 296 g/mol. The van der Waals surface area contributed by atoms with E-state index < -0.39 is 0 Å². The molecule has 2 heterocycles. The zero-order valence-electron chi connectivity index (χ0n) is 13.3. The van der Waals surface area contributed by atoms with Crippen molar-refractivity contribution in [2.24, 2.45) is 0 Å². The van der Waals surface area contributed by atoms with Crippen LogP contribution in [0.2, 0.25) is 0 Å². The number of methoxy groups -OCH3 is 2. The highest BCUT2D eigenvalue weighted by Crippen LogP contribution is 2.23. The number of amides is 1. The minimum Gasteiger partial charge on any atom is -0.497 e. The van der Waals surface area contributed by atoms with Crippen molar-refractivity contribution in [3.8, 4) is 11.5 Å². The maximum absolute atomic E-state index is 12.5. The second-order valence-corrected chi connectivity index (χ2v) is 5.54. The normalized spacial score (nSPS) is 17.0. The summed E-state index contributed by atoms with van der Waals surface area (Å²) in [5, 5.41) is 11.1. The van der Waals surface area contributed by atoms with E-state index in [0.717, 1.165) is 31.6 Å². The Morgan fingerprint density at radius 2 is 1.96 bits per heavy atom. The number of carbonyl (C=O) groups is 1. The highest BCUT2D eigenvalue weighted by atomic mass is 16.5. The zero-order chi connectivity index (χ0) is 16.2. The number of aromatic nitrogens is 3. The first kappa shape index (κ1) is 15.3. The van der Waals surface area contributed by atoms with E-state index in [9.17, 15) is 4.79 Å². The molecule has 1 amide bonds. The van der Waals surface area contributed by atoms with E-state index in [4.69, 9.17) is 9.47 Å². The van der Waals surface area contributed by atoms with Gasteiger partial charge in [-0.25, -0.2) is 0 Å². The summed E-state index contributed by atoms with van der Waals surface area (Å²) in [5.74, 6) is 2.05. The van der Waals surface area contributed by atoms with Crippen LogP contribution in [0.5, 0.6) is 11.5 Å². The number of ether oxygens (including phenoxy) is 2. The predicted molar refractivity (Wildman–Crippen MR) is 83.8 cm³/mol. The fourth-order valence-corrected chi connectivity index (χ4v) is 2.75. The minimum absolute atomic E-state index is 0.112. The lowest BCUT2D eigenvalue weighted by Gasteiger charge is -2.16. The van der Waals surface area contributed by atoms with E-state index in [0.29, 0.717) is 17.1 Å². The average molecular weight is 316 g/mol. The highest BCUT2D eigenvalue weighted by molar-refractivity contribution is 5.95.